The van der Waals surface area contributed by atoms with Gasteiger partial charge in [0.2, 0.25) is 5.91 Å². The van der Waals surface area contributed by atoms with Crippen molar-refractivity contribution in [2.45, 2.75) is 46.1 Å². The summed E-state index contributed by atoms with van der Waals surface area (Å²) in [5.74, 6) is 0.119. The molecule has 0 heterocycles. The lowest BCUT2D eigenvalue weighted by Crippen LogP contribution is -2.28. The minimum absolute atomic E-state index is 0.0996. The quantitative estimate of drug-likeness (QED) is 0.835. The van der Waals surface area contributed by atoms with Gasteiger partial charge in [-0.05, 0) is 48.9 Å². The van der Waals surface area contributed by atoms with Crippen LogP contribution in [0.4, 0.5) is 0 Å². The molecule has 0 saturated heterocycles. The highest BCUT2D eigenvalue weighted by Gasteiger charge is 2.13. The molecule has 0 saturated carbocycles. The Morgan fingerprint density at radius 1 is 1.05 bits per heavy atom. The highest BCUT2D eigenvalue weighted by Crippen LogP contribution is 2.20. The van der Waals surface area contributed by atoms with Crippen molar-refractivity contribution in [1.29, 1.82) is 0 Å². The maximum Gasteiger partial charge on any atom is 0.220 e. The third-order valence-corrected chi connectivity index (χ3v) is 4.16. The summed E-state index contributed by atoms with van der Waals surface area (Å²) in [5.41, 5.74) is 4.96. The fourth-order valence-corrected chi connectivity index (χ4v) is 2.57. The first-order chi connectivity index (χ1) is 10.6. The lowest BCUT2D eigenvalue weighted by Gasteiger charge is -2.18. The van der Waals surface area contributed by atoms with Crippen molar-refractivity contribution in [3.63, 3.8) is 0 Å². The second kappa shape index (κ2) is 7.79. The van der Waals surface area contributed by atoms with E-state index in [4.69, 9.17) is 0 Å². The van der Waals surface area contributed by atoms with Crippen LogP contribution in [0.3, 0.4) is 0 Å². The van der Waals surface area contributed by atoms with E-state index < -0.39 is 0 Å². The number of nitrogens with one attached hydrogen (secondary N) is 1. The van der Waals surface area contributed by atoms with Crippen molar-refractivity contribution in [2.75, 3.05) is 0 Å². The molecule has 0 unspecified atom stereocenters. The van der Waals surface area contributed by atoms with Gasteiger partial charge in [-0.3, -0.25) is 4.79 Å². The van der Waals surface area contributed by atoms with E-state index in [1.54, 1.807) is 0 Å². The Labute approximate surface area is 133 Å². The van der Waals surface area contributed by atoms with E-state index in [-0.39, 0.29) is 11.9 Å². The van der Waals surface area contributed by atoms with Gasteiger partial charge in [0.1, 0.15) is 0 Å². The summed E-state index contributed by atoms with van der Waals surface area (Å²) in [6, 6.07) is 16.7. The number of hydrogen-bond acceptors (Lipinski definition) is 1. The van der Waals surface area contributed by atoms with Gasteiger partial charge in [0.05, 0.1) is 6.04 Å². The van der Waals surface area contributed by atoms with Crippen LogP contribution in [0.1, 0.15) is 48.1 Å². The molecule has 0 radical (unpaired) electrons. The minimum atomic E-state index is 0.0996. The average molecular weight is 295 g/mol. The Hall–Kier alpha value is -2.09. The molecule has 1 N–H and O–H groups in total. The molecule has 0 aromatic heterocycles. The zero-order valence-corrected chi connectivity index (χ0v) is 13.7. The monoisotopic (exact) mass is 295 g/mol. The second-order valence-electron chi connectivity index (χ2n) is 5.86. The van der Waals surface area contributed by atoms with Gasteiger partial charge in [-0.25, -0.2) is 0 Å². The smallest absolute Gasteiger partial charge is 0.220 e. The molecule has 0 spiro atoms. The summed E-state index contributed by atoms with van der Waals surface area (Å²) in [6.07, 6.45) is 2.22. The SMILES string of the molecule is CC[C@H](NC(=O)CCc1ccccc1)c1ccc(C)c(C)c1. The Bertz CT molecular complexity index is 619. The van der Waals surface area contributed by atoms with Crippen LogP contribution in [0.5, 0.6) is 0 Å². The van der Waals surface area contributed by atoms with Crippen molar-refractivity contribution < 1.29 is 4.79 Å². The van der Waals surface area contributed by atoms with Gasteiger partial charge < -0.3 is 5.32 Å². The van der Waals surface area contributed by atoms with Crippen molar-refractivity contribution in [3.8, 4) is 0 Å². The molecular weight excluding hydrogens is 270 g/mol. The Morgan fingerprint density at radius 3 is 2.41 bits per heavy atom. The molecule has 2 heteroatoms. The molecule has 2 rings (SSSR count). The summed E-state index contributed by atoms with van der Waals surface area (Å²) in [6.45, 7) is 6.33. The molecule has 22 heavy (non-hydrogen) atoms. The molecule has 1 atom stereocenters. The van der Waals surface area contributed by atoms with Crippen LogP contribution in [-0.2, 0) is 11.2 Å². The van der Waals surface area contributed by atoms with E-state index in [0.717, 1.165) is 12.8 Å². The van der Waals surface area contributed by atoms with E-state index in [0.29, 0.717) is 6.42 Å². The van der Waals surface area contributed by atoms with Crippen molar-refractivity contribution in [2.24, 2.45) is 0 Å². The zero-order chi connectivity index (χ0) is 15.9. The Balaban J connectivity index is 1.94. The number of rotatable bonds is 6. The molecule has 116 valence electrons. The molecule has 0 bridgehead atoms. The number of benzene rings is 2. The normalized spacial score (nSPS) is 12.0. The van der Waals surface area contributed by atoms with Gasteiger partial charge in [0, 0.05) is 6.42 Å². The molecular formula is C20H25NO. The van der Waals surface area contributed by atoms with Crippen LogP contribution in [0.15, 0.2) is 48.5 Å². The number of carbonyl (C=O) groups excluding carboxylic acids is 1. The van der Waals surface area contributed by atoms with Crippen LogP contribution in [0, 0.1) is 13.8 Å². The van der Waals surface area contributed by atoms with Gasteiger partial charge in [-0.1, -0.05) is 55.5 Å². The zero-order valence-electron chi connectivity index (χ0n) is 13.7. The first-order valence-corrected chi connectivity index (χ1v) is 8.00. The summed E-state index contributed by atoms with van der Waals surface area (Å²) < 4.78 is 0. The molecule has 2 nitrogen and oxygen atoms in total. The summed E-state index contributed by atoms with van der Waals surface area (Å²) >= 11 is 0. The average Bonchev–Trinajstić information content (AvgIpc) is 2.54. The minimum Gasteiger partial charge on any atom is -0.349 e. The van der Waals surface area contributed by atoms with Crippen LogP contribution in [-0.4, -0.2) is 5.91 Å². The molecule has 0 aliphatic rings. The van der Waals surface area contributed by atoms with Gasteiger partial charge >= 0.3 is 0 Å². The molecule has 2 aromatic carbocycles. The van der Waals surface area contributed by atoms with Crippen LogP contribution in [0.2, 0.25) is 0 Å². The lowest BCUT2D eigenvalue weighted by molar-refractivity contribution is -0.121. The number of hydrogen-bond donors (Lipinski definition) is 1. The number of amides is 1. The maximum absolute atomic E-state index is 12.2. The van der Waals surface area contributed by atoms with Gasteiger partial charge in [0.25, 0.3) is 0 Å². The van der Waals surface area contributed by atoms with Crippen LogP contribution in [0.25, 0.3) is 0 Å². The highest BCUT2D eigenvalue weighted by atomic mass is 16.1. The first-order valence-electron chi connectivity index (χ1n) is 8.00. The van der Waals surface area contributed by atoms with Crippen LogP contribution >= 0.6 is 0 Å². The van der Waals surface area contributed by atoms with E-state index in [1.165, 1.54) is 22.3 Å². The van der Waals surface area contributed by atoms with Crippen molar-refractivity contribution >= 4 is 5.91 Å². The molecule has 0 fully saturated rings. The molecule has 1 amide bonds. The molecule has 2 aromatic rings. The maximum atomic E-state index is 12.2. The standard InChI is InChI=1S/C20H25NO/c1-4-19(18-12-10-15(2)16(3)14-18)21-20(22)13-11-17-8-6-5-7-9-17/h5-10,12,14,19H,4,11,13H2,1-3H3,(H,21,22)/t19-/m0/s1. The van der Waals surface area contributed by atoms with E-state index >= 15 is 0 Å². The third kappa shape index (κ3) is 4.45. The molecule has 0 aliphatic heterocycles. The van der Waals surface area contributed by atoms with Gasteiger partial charge in [-0.2, -0.15) is 0 Å². The lowest BCUT2D eigenvalue weighted by atomic mass is 9.99. The summed E-state index contributed by atoms with van der Waals surface area (Å²) in [7, 11) is 0. The predicted molar refractivity (Wildman–Crippen MR) is 91.9 cm³/mol. The summed E-state index contributed by atoms with van der Waals surface area (Å²) in [5, 5.41) is 3.16. The van der Waals surface area contributed by atoms with Crippen molar-refractivity contribution in [3.05, 3.63) is 70.8 Å². The predicted octanol–water partition coefficient (Wildman–Crippen LogP) is 4.50. The number of aryl methyl sites for hydroxylation is 3. The number of carbonyl (C=O) groups is 1. The van der Waals surface area contributed by atoms with E-state index in [2.05, 4.69) is 56.4 Å². The van der Waals surface area contributed by atoms with Gasteiger partial charge in [-0.15, -0.1) is 0 Å². The third-order valence-electron chi connectivity index (χ3n) is 4.16. The van der Waals surface area contributed by atoms with E-state index in [1.807, 2.05) is 18.2 Å². The fraction of sp³-hybridized carbons (Fsp3) is 0.350. The molecule has 0 aliphatic carbocycles. The highest BCUT2D eigenvalue weighted by molar-refractivity contribution is 5.76. The van der Waals surface area contributed by atoms with Crippen molar-refractivity contribution in [1.82, 2.24) is 5.32 Å². The second-order valence-corrected chi connectivity index (χ2v) is 5.86. The Kier molecular flexibility index (Phi) is 5.76. The van der Waals surface area contributed by atoms with Gasteiger partial charge in [0.15, 0.2) is 0 Å². The van der Waals surface area contributed by atoms with E-state index in [9.17, 15) is 4.79 Å². The van der Waals surface area contributed by atoms with Crippen LogP contribution < -0.4 is 5.32 Å². The Morgan fingerprint density at radius 2 is 1.77 bits per heavy atom. The summed E-state index contributed by atoms with van der Waals surface area (Å²) in [4.78, 5) is 12.2. The first kappa shape index (κ1) is 16.3. The largest absolute Gasteiger partial charge is 0.349 e. The fourth-order valence-electron chi connectivity index (χ4n) is 2.57. The topological polar surface area (TPSA) is 29.1 Å².